The lowest BCUT2D eigenvalue weighted by Crippen LogP contribution is -2.16. The van der Waals surface area contributed by atoms with Crippen molar-refractivity contribution in [3.8, 4) is 0 Å². The SMILES string of the molecule is O=C(Nc1ccc(NCc2ccncc2)nn1)c1c(F)cccc1Cl. The smallest absolute Gasteiger partial charge is 0.261 e. The molecule has 0 radical (unpaired) electrons. The maximum absolute atomic E-state index is 13.7. The molecule has 3 rings (SSSR count). The fraction of sp³-hybridized carbons (Fsp3) is 0.0588. The van der Waals surface area contributed by atoms with Gasteiger partial charge in [-0.2, -0.15) is 0 Å². The van der Waals surface area contributed by atoms with E-state index in [9.17, 15) is 9.18 Å². The summed E-state index contributed by atoms with van der Waals surface area (Å²) in [6.07, 6.45) is 3.41. The minimum atomic E-state index is -0.700. The van der Waals surface area contributed by atoms with Crippen molar-refractivity contribution in [3.05, 3.63) is 76.8 Å². The summed E-state index contributed by atoms with van der Waals surface area (Å²) in [5, 5.41) is 13.5. The Morgan fingerprint density at radius 2 is 1.76 bits per heavy atom. The Hall–Kier alpha value is -3.06. The van der Waals surface area contributed by atoms with Crippen molar-refractivity contribution in [1.82, 2.24) is 15.2 Å². The van der Waals surface area contributed by atoms with E-state index in [0.717, 1.165) is 5.56 Å². The Kier molecular flexibility index (Phi) is 5.15. The van der Waals surface area contributed by atoms with E-state index in [1.165, 1.54) is 18.2 Å². The monoisotopic (exact) mass is 357 g/mol. The maximum Gasteiger partial charge on any atom is 0.261 e. The average Bonchev–Trinajstić information content (AvgIpc) is 2.62. The molecule has 0 bridgehead atoms. The normalized spacial score (nSPS) is 10.3. The molecule has 0 saturated heterocycles. The summed E-state index contributed by atoms with van der Waals surface area (Å²) in [6.45, 7) is 0.563. The molecule has 0 fully saturated rings. The van der Waals surface area contributed by atoms with E-state index in [1.807, 2.05) is 12.1 Å². The number of hydrogen-bond donors (Lipinski definition) is 2. The number of amides is 1. The highest BCUT2D eigenvalue weighted by molar-refractivity contribution is 6.34. The highest BCUT2D eigenvalue weighted by atomic mass is 35.5. The first-order valence-electron chi connectivity index (χ1n) is 7.35. The first-order valence-corrected chi connectivity index (χ1v) is 7.73. The van der Waals surface area contributed by atoms with E-state index < -0.39 is 11.7 Å². The number of carbonyl (C=O) groups excluding carboxylic acids is 1. The summed E-state index contributed by atoms with van der Waals surface area (Å²) >= 11 is 5.86. The van der Waals surface area contributed by atoms with Gasteiger partial charge in [-0.1, -0.05) is 17.7 Å². The summed E-state index contributed by atoms with van der Waals surface area (Å²) in [5.41, 5.74) is 0.814. The summed E-state index contributed by atoms with van der Waals surface area (Å²) in [7, 11) is 0. The third-order valence-electron chi connectivity index (χ3n) is 3.32. The zero-order chi connectivity index (χ0) is 17.6. The van der Waals surface area contributed by atoms with E-state index in [1.54, 1.807) is 24.5 Å². The number of pyridine rings is 1. The van der Waals surface area contributed by atoms with Crippen LogP contribution in [-0.2, 0) is 6.54 Å². The van der Waals surface area contributed by atoms with Gasteiger partial charge in [0, 0.05) is 18.9 Å². The molecule has 1 amide bonds. The fourth-order valence-electron chi connectivity index (χ4n) is 2.08. The van der Waals surface area contributed by atoms with E-state index >= 15 is 0 Å². The van der Waals surface area contributed by atoms with Gasteiger partial charge in [-0.3, -0.25) is 9.78 Å². The first kappa shape index (κ1) is 16.8. The van der Waals surface area contributed by atoms with Crippen molar-refractivity contribution in [2.45, 2.75) is 6.54 Å². The molecule has 6 nitrogen and oxygen atoms in total. The zero-order valence-corrected chi connectivity index (χ0v) is 13.7. The molecular weight excluding hydrogens is 345 g/mol. The number of carbonyl (C=O) groups is 1. The molecule has 0 saturated carbocycles. The molecule has 0 unspecified atom stereocenters. The molecule has 0 aliphatic heterocycles. The first-order chi connectivity index (χ1) is 12.1. The molecule has 8 heteroatoms. The Balaban J connectivity index is 1.63. The maximum atomic E-state index is 13.7. The number of rotatable bonds is 5. The fourth-order valence-corrected chi connectivity index (χ4v) is 2.33. The molecular formula is C17H13ClFN5O. The van der Waals surface area contributed by atoms with Crippen molar-refractivity contribution in [1.29, 1.82) is 0 Å². The third-order valence-corrected chi connectivity index (χ3v) is 3.63. The second kappa shape index (κ2) is 7.67. The number of nitrogens with zero attached hydrogens (tertiary/aromatic N) is 3. The predicted molar refractivity (Wildman–Crippen MR) is 93.0 cm³/mol. The van der Waals surface area contributed by atoms with Crippen LogP contribution < -0.4 is 10.6 Å². The van der Waals surface area contributed by atoms with Crippen LogP contribution in [0.3, 0.4) is 0 Å². The Bertz CT molecular complexity index is 854. The molecule has 126 valence electrons. The minimum Gasteiger partial charge on any atom is -0.365 e. The van der Waals surface area contributed by atoms with Crippen LogP contribution in [0, 0.1) is 5.82 Å². The van der Waals surface area contributed by atoms with Crippen LogP contribution in [0.2, 0.25) is 5.02 Å². The van der Waals surface area contributed by atoms with Crippen molar-refractivity contribution in [3.63, 3.8) is 0 Å². The number of nitrogens with one attached hydrogen (secondary N) is 2. The van der Waals surface area contributed by atoms with Crippen LogP contribution in [0.5, 0.6) is 0 Å². The van der Waals surface area contributed by atoms with Crippen LogP contribution in [0.4, 0.5) is 16.0 Å². The van der Waals surface area contributed by atoms with Gasteiger partial charge in [0.1, 0.15) is 11.6 Å². The number of aromatic nitrogens is 3. The number of hydrogen-bond acceptors (Lipinski definition) is 5. The summed E-state index contributed by atoms with van der Waals surface area (Å²) < 4.78 is 13.7. The molecule has 2 N–H and O–H groups in total. The van der Waals surface area contributed by atoms with Crippen LogP contribution in [0.15, 0.2) is 54.9 Å². The van der Waals surface area contributed by atoms with Gasteiger partial charge in [-0.25, -0.2) is 4.39 Å². The molecule has 0 aliphatic carbocycles. The van der Waals surface area contributed by atoms with Gasteiger partial charge in [-0.05, 0) is 42.0 Å². The van der Waals surface area contributed by atoms with Gasteiger partial charge >= 0.3 is 0 Å². The second-order valence-corrected chi connectivity index (χ2v) is 5.47. The van der Waals surface area contributed by atoms with E-state index in [2.05, 4.69) is 25.8 Å². The predicted octanol–water partition coefficient (Wildman–Crippen LogP) is 3.53. The molecule has 25 heavy (non-hydrogen) atoms. The largest absolute Gasteiger partial charge is 0.365 e. The van der Waals surface area contributed by atoms with Crippen molar-refractivity contribution < 1.29 is 9.18 Å². The van der Waals surface area contributed by atoms with E-state index in [0.29, 0.717) is 12.4 Å². The second-order valence-electron chi connectivity index (χ2n) is 5.06. The molecule has 1 aromatic carbocycles. The van der Waals surface area contributed by atoms with Gasteiger partial charge in [0.05, 0.1) is 10.6 Å². The van der Waals surface area contributed by atoms with Gasteiger partial charge in [0.15, 0.2) is 5.82 Å². The summed E-state index contributed by atoms with van der Waals surface area (Å²) in [4.78, 5) is 16.1. The minimum absolute atomic E-state index is 0.0288. The third kappa shape index (κ3) is 4.27. The van der Waals surface area contributed by atoms with Crippen molar-refractivity contribution in [2.24, 2.45) is 0 Å². The zero-order valence-electron chi connectivity index (χ0n) is 12.9. The highest BCUT2D eigenvalue weighted by Gasteiger charge is 2.16. The van der Waals surface area contributed by atoms with E-state index in [-0.39, 0.29) is 16.4 Å². The van der Waals surface area contributed by atoms with Gasteiger partial charge in [-0.15, -0.1) is 10.2 Å². The van der Waals surface area contributed by atoms with Crippen LogP contribution in [0.1, 0.15) is 15.9 Å². The lowest BCUT2D eigenvalue weighted by atomic mass is 10.2. The Labute approximate surface area is 148 Å². The number of halogens is 2. The number of benzene rings is 1. The quantitative estimate of drug-likeness (QED) is 0.730. The molecule has 0 aliphatic rings. The molecule has 2 heterocycles. The molecule has 0 atom stereocenters. The van der Waals surface area contributed by atoms with Gasteiger partial charge < -0.3 is 10.6 Å². The van der Waals surface area contributed by atoms with Crippen LogP contribution in [-0.4, -0.2) is 21.1 Å². The van der Waals surface area contributed by atoms with Crippen molar-refractivity contribution in [2.75, 3.05) is 10.6 Å². The van der Waals surface area contributed by atoms with E-state index in [4.69, 9.17) is 11.6 Å². The standard InChI is InChI=1S/C17H13ClFN5O/c18-12-2-1-3-13(19)16(12)17(25)22-15-5-4-14(23-24-15)21-10-11-6-8-20-9-7-11/h1-9H,10H2,(H,21,23)(H,22,24,25). The summed E-state index contributed by atoms with van der Waals surface area (Å²) in [6, 6.07) is 11.0. The summed E-state index contributed by atoms with van der Waals surface area (Å²) in [5.74, 6) is -0.652. The number of anilines is 2. The molecule has 0 spiro atoms. The van der Waals surface area contributed by atoms with Crippen LogP contribution >= 0.6 is 11.6 Å². The Morgan fingerprint density at radius 3 is 2.44 bits per heavy atom. The lowest BCUT2D eigenvalue weighted by molar-refractivity contribution is 0.102. The van der Waals surface area contributed by atoms with Crippen LogP contribution in [0.25, 0.3) is 0 Å². The molecule has 2 aromatic heterocycles. The van der Waals surface area contributed by atoms with Crippen molar-refractivity contribution >= 4 is 29.1 Å². The molecule has 3 aromatic rings. The van der Waals surface area contributed by atoms with Gasteiger partial charge in [0.2, 0.25) is 0 Å². The average molecular weight is 358 g/mol. The Morgan fingerprint density at radius 1 is 1.04 bits per heavy atom. The highest BCUT2D eigenvalue weighted by Crippen LogP contribution is 2.20. The lowest BCUT2D eigenvalue weighted by Gasteiger charge is -2.08. The topological polar surface area (TPSA) is 79.8 Å². The van der Waals surface area contributed by atoms with Gasteiger partial charge in [0.25, 0.3) is 5.91 Å².